The number of benzene rings is 1. The van der Waals surface area contributed by atoms with Gasteiger partial charge in [0.1, 0.15) is 10.8 Å². The van der Waals surface area contributed by atoms with Crippen molar-refractivity contribution in [2.24, 2.45) is 0 Å². The number of hydrogen-bond donors (Lipinski definition) is 1. The summed E-state index contributed by atoms with van der Waals surface area (Å²) >= 11 is 1.43. The molecule has 21 heavy (non-hydrogen) atoms. The van der Waals surface area contributed by atoms with Crippen LogP contribution in [0.3, 0.4) is 0 Å². The first-order valence-corrected chi connectivity index (χ1v) is 7.16. The molecule has 0 saturated heterocycles. The number of nitrogens with one attached hydrogen (secondary N) is 1. The summed E-state index contributed by atoms with van der Waals surface area (Å²) in [6.07, 6.45) is 0.592. The van der Waals surface area contributed by atoms with E-state index in [9.17, 15) is 9.18 Å². The van der Waals surface area contributed by atoms with Gasteiger partial charge in [-0.15, -0.1) is 10.2 Å². The molecule has 3 aromatic rings. The first-order valence-electron chi connectivity index (χ1n) is 6.35. The fourth-order valence-electron chi connectivity index (χ4n) is 1.87. The molecular weight excluding hydrogens is 293 g/mol. The van der Waals surface area contributed by atoms with Gasteiger partial charge in [0.25, 0.3) is 5.91 Å². The normalized spacial score (nSPS) is 11.0. The lowest BCUT2D eigenvalue weighted by Gasteiger charge is -2.03. The molecule has 108 valence electrons. The van der Waals surface area contributed by atoms with Crippen molar-refractivity contribution in [2.75, 3.05) is 6.54 Å². The molecule has 1 N–H and O–H groups in total. The van der Waals surface area contributed by atoms with Crippen LogP contribution < -0.4 is 5.32 Å². The van der Waals surface area contributed by atoms with Crippen LogP contribution in [0.2, 0.25) is 0 Å². The van der Waals surface area contributed by atoms with Crippen LogP contribution in [0.15, 0.2) is 24.3 Å². The highest BCUT2D eigenvalue weighted by atomic mass is 32.1. The molecule has 0 atom stereocenters. The van der Waals surface area contributed by atoms with Crippen LogP contribution in [-0.2, 0) is 6.42 Å². The van der Waals surface area contributed by atoms with E-state index in [0.29, 0.717) is 18.5 Å². The van der Waals surface area contributed by atoms with Gasteiger partial charge in [-0.2, -0.15) is 9.61 Å². The van der Waals surface area contributed by atoms with E-state index < -0.39 is 5.82 Å². The third-order valence-corrected chi connectivity index (χ3v) is 3.86. The fourth-order valence-corrected chi connectivity index (χ4v) is 2.75. The minimum atomic E-state index is -0.424. The lowest BCUT2D eigenvalue weighted by Crippen LogP contribution is -2.25. The number of hydrogen-bond acceptors (Lipinski definition) is 5. The number of carbonyl (C=O) groups excluding carboxylic acids is 1. The van der Waals surface area contributed by atoms with Crippen LogP contribution >= 0.6 is 11.3 Å². The summed E-state index contributed by atoms with van der Waals surface area (Å²) in [6.45, 7) is 2.26. The lowest BCUT2D eigenvalue weighted by molar-refractivity contribution is 0.0953. The highest BCUT2D eigenvalue weighted by Gasteiger charge is 2.10. The second-order valence-electron chi connectivity index (χ2n) is 4.45. The number of nitrogens with zero attached hydrogens (tertiary/aromatic N) is 4. The maximum absolute atomic E-state index is 13.0. The number of aryl methyl sites for hydroxylation is 1. The largest absolute Gasteiger partial charge is 0.352 e. The van der Waals surface area contributed by atoms with Gasteiger partial charge in [0.05, 0.1) is 0 Å². The molecule has 8 heteroatoms. The van der Waals surface area contributed by atoms with Gasteiger partial charge in [0.15, 0.2) is 5.82 Å². The van der Waals surface area contributed by atoms with Gasteiger partial charge < -0.3 is 5.32 Å². The Kier molecular flexibility index (Phi) is 3.61. The molecule has 1 amide bonds. The van der Waals surface area contributed by atoms with Crippen molar-refractivity contribution < 1.29 is 9.18 Å². The minimum Gasteiger partial charge on any atom is -0.352 e. The number of halogens is 1. The van der Waals surface area contributed by atoms with Crippen molar-refractivity contribution >= 4 is 22.2 Å². The van der Waals surface area contributed by atoms with Crippen molar-refractivity contribution in [1.82, 2.24) is 25.1 Å². The molecule has 0 fully saturated rings. The van der Waals surface area contributed by atoms with Crippen LogP contribution in [0.4, 0.5) is 4.39 Å². The number of carbonyl (C=O) groups is 1. The average Bonchev–Trinajstić information content (AvgIpc) is 3.01. The molecule has 0 saturated carbocycles. The van der Waals surface area contributed by atoms with E-state index in [-0.39, 0.29) is 5.91 Å². The standard InChI is InChI=1S/C13H12FN5OS/c1-8-16-17-13-19(8)18-11(21-13)5-6-15-12(20)9-3-2-4-10(14)7-9/h2-4,7H,5-6H2,1H3,(H,15,20). The van der Waals surface area contributed by atoms with Gasteiger partial charge >= 0.3 is 0 Å². The molecule has 6 nitrogen and oxygen atoms in total. The van der Waals surface area contributed by atoms with Crippen LogP contribution in [-0.4, -0.2) is 32.3 Å². The fraction of sp³-hybridized carbons (Fsp3) is 0.231. The number of fused-ring (bicyclic) bond motifs is 1. The SMILES string of the molecule is Cc1nnc2sc(CCNC(=O)c3cccc(F)c3)nn12. The summed E-state index contributed by atoms with van der Waals surface area (Å²) in [4.78, 5) is 12.6. The van der Waals surface area contributed by atoms with E-state index in [2.05, 4.69) is 20.6 Å². The molecule has 2 heterocycles. The van der Waals surface area contributed by atoms with Gasteiger partial charge in [-0.1, -0.05) is 17.4 Å². The van der Waals surface area contributed by atoms with Gasteiger partial charge in [0.2, 0.25) is 4.96 Å². The summed E-state index contributed by atoms with van der Waals surface area (Å²) in [6, 6.07) is 5.60. The van der Waals surface area contributed by atoms with Crippen LogP contribution in [0, 0.1) is 12.7 Å². The van der Waals surface area contributed by atoms with Gasteiger partial charge in [-0.3, -0.25) is 4.79 Å². The second-order valence-corrected chi connectivity index (χ2v) is 5.49. The van der Waals surface area contributed by atoms with E-state index in [1.54, 1.807) is 10.6 Å². The van der Waals surface area contributed by atoms with E-state index in [0.717, 1.165) is 15.8 Å². The number of rotatable bonds is 4. The molecule has 2 aromatic heterocycles. The predicted molar refractivity (Wildman–Crippen MR) is 75.8 cm³/mol. The van der Waals surface area contributed by atoms with E-state index in [1.807, 2.05) is 6.92 Å². The molecule has 0 aliphatic heterocycles. The topological polar surface area (TPSA) is 72.2 Å². The Balaban J connectivity index is 1.59. The third-order valence-electron chi connectivity index (χ3n) is 2.90. The Morgan fingerprint density at radius 2 is 2.29 bits per heavy atom. The molecule has 1 aromatic carbocycles. The van der Waals surface area contributed by atoms with E-state index in [1.165, 1.54) is 29.5 Å². The lowest BCUT2D eigenvalue weighted by atomic mass is 10.2. The summed E-state index contributed by atoms with van der Waals surface area (Å²) in [5.41, 5.74) is 0.309. The first kappa shape index (κ1) is 13.6. The van der Waals surface area contributed by atoms with Crippen molar-refractivity contribution in [3.63, 3.8) is 0 Å². The van der Waals surface area contributed by atoms with E-state index >= 15 is 0 Å². The van der Waals surface area contributed by atoms with Crippen LogP contribution in [0.25, 0.3) is 4.96 Å². The quantitative estimate of drug-likeness (QED) is 0.795. The number of aromatic nitrogens is 4. The zero-order valence-corrected chi connectivity index (χ0v) is 12.0. The van der Waals surface area contributed by atoms with Crippen LogP contribution in [0.5, 0.6) is 0 Å². The van der Waals surface area contributed by atoms with Crippen molar-refractivity contribution in [3.8, 4) is 0 Å². The van der Waals surface area contributed by atoms with Crippen molar-refractivity contribution in [2.45, 2.75) is 13.3 Å². The molecular formula is C13H12FN5OS. The highest BCUT2D eigenvalue weighted by molar-refractivity contribution is 7.16. The Labute approximate surface area is 123 Å². The van der Waals surface area contributed by atoms with Gasteiger partial charge in [-0.25, -0.2) is 4.39 Å². The van der Waals surface area contributed by atoms with Gasteiger partial charge in [0, 0.05) is 18.5 Å². The molecule has 3 rings (SSSR count). The first-order chi connectivity index (χ1) is 10.1. The van der Waals surface area contributed by atoms with Crippen LogP contribution in [0.1, 0.15) is 21.2 Å². The molecule has 0 aliphatic carbocycles. The smallest absolute Gasteiger partial charge is 0.251 e. The summed E-state index contributed by atoms with van der Waals surface area (Å²) in [5, 5.41) is 15.8. The molecule has 0 spiro atoms. The zero-order chi connectivity index (χ0) is 14.8. The second kappa shape index (κ2) is 5.57. The number of amides is 1. The summed E-state index contributed by atoms with van der Waals surface area (Å²) in [5.74, 6) is 0.0109. The molecule has 0 radical (unpaired) electrons. The Morgan fingerprint density at radius 1 is 1.43 bits per heavy atom. The molecule has 0 aliphatic rings. The maximum Gasteiger partial charge on any atom is 0.251 e. The Morgan fingerprint density at radius 3 is 3.05 bits per heavy atom. The minimum absolute atomic E-state index is 0.298. The Bertz CT molecular complexity index is 797. The average molecular weight is 305 g/mol. The highest BCUT2D eigenvalue weighted by Crippen LogP contribution is 2.13. The van der Waals surface area contributed by atoms with Gasteiger partial charge in [-0.05, 0) is 25.1 Å². The monoisotopic (exact) mass is 305 g/mol. The summed E-state index contributed by atoms with van der Waals surface area (Å²) < 4.78 is 14.7. The Hall–Kier alpha value is -2.35. The maximum atomic E-state index is 13.0. The molecule has 0 bridgehead atoms. The third kappa shape index (κ3) is 2.89. The zero-order valence-electron chi connectivity index (χ0n) is 11.2. The van der Waals surface area contributed by atoms with E-state index in [4.69, 9.17) is 0 Å². The predicted octanol–water partition coefficient (Wildman–Crippen LogP) is 1.61. The van der Waals surface area contributed by atoms with Crippen molar-refractivity contribution in [3.05, 3.63) is 46.5 Å². The van der Waals surface area contributed by atoms with Crippen molar-refractivity contribution in [1.29, 1.82) is 0 Å². The molecule has 0 unspecified atom stereocenters. The summed E-state index contributed by atoms with van der Waals surface area (Å²) in [7, 11) is 0.